The van der Waals surface area contributed by atoms with Gasteiger partial charge in [0.2, 0.25) is 0 Å². The van der Waals surface area contributed by atoms with E-state index in [0.717, 1.165) is 12.8 Å². The molecule has 0 spiro atoms. The molecule has 3 N–H and O–H groups in total. The molecule has 0 aliphatic rings. The van der Waals surface area contributed by atoms with E-state index in [-0.39, 0.29) is 12.5 Å². The number of nitrogens with one attached hydrogen (secondary N) is 2. The van der Waals surface area contributed by atoms with Crippen molar-refractivity contribution in [2.75, 3.05) is 13.1 Å². The van der Waals surface area contributed by atoms with Gasteiger partial charge in [0, 0.05) is 33.0 Å². The van der Waals surface area contributed by atoms with E-state index < -0.39 is 5.97 Å². The summed E-state index contributed by atoms with van der Waals surface area (Å²) in [5.74, 6) is -0.0831. The van der Waals surface area contributed by atoms with E-state index in [0.29, 0.717) is 31.8 Å². The van der Waals surface area contributed by atoms with Gasteiger partial charge in [-0.3, -0.25) is 9.48 Å². The van der Waals surface area contributed by atoms with Crippen LogP contribution in [0.1, 0.15) is 31.5 Å². The highest BCUT2D eigenvalue weighted by atomic mass is 16.4. The van der Waals surface area contributed by atoms with Crippen molar-refractivity contribution in [1.29, 1.82) is 0 Å². The maximum absolute atomic E-state index is 11.4. The van der Waals surface area contributed by atoms with Gasteiger partial charge in [0.15, 0.2) is 5.82 Å². The van der Waals surface area contributed by atoms with Gasteiger partial charge in [0.1, 0.15) is 6.33 Å². The Hall–Kier alpha value is -2.12. The number of nitrogens with zero attached hydrogens (tertiary/aromatic N) is 3. The summed E-state index contributed by atoms with van der Waals surface area (Å²) in [6.07, 6.45) is 4.61. The normalized spacial score (nSPS) is 10.2. The topological polar surface area (TPSA) is 109 Å². The molecule has 1 heterocycles. The Bertz CT molecular complexity index is 432. The molecule has 20 heavy (non-hydrogen) atoms. The standard InChI is InChI=1S/C12H21N5O3/c1-17-9-15-10(16-17)6-8-14-12(20)13-7-4-2-3-5-11(18)19/h9H,2-8H2,1H3,(H,18,19)(H2,13,14,20). The van der Waals surface area contributed by atoms with Gasteiger partial charge in [-0.05, 0) is 12.8 Å². The minimum atomic E-state index is -0.779. The number of carbonyl (C=O) groups is 2. The van der Waals surface area contributed by atoms with Crippen LogP contribution in [0.2, 0.25) is 0 Å². The first kappa shape index (κ1) is 15.9. The molecule has 0 unspecified atom stereocenters. The number of rotatable bonds is 9. The molecule has 0 radical (unpaired) electrons. The van der Waals surface area contributed by atoms with E-state index in [1.54, 1.807) is 18.1 Å². The summed E-state index contributed by atoms with van der Waals surface area (Å²) < 4.78 is 1.62. The molecule has 0 fully saturated rings. The van der Waals surface area contributed by atoms with Crippen LogP contribution in [0.25, 0.3) is 0 Å². The molecule has 8 heteroatoms. The fourth-order valence-corrected chi connectivity index (χ4v) is 1.63. The van der Waals surface area contributed by atoms with Crippen LogP contribution in [-0.2, 0) is 18.3 Å². The number of carboxylic acid groups (broad SMARTS) is 1. The Labute approximate surface area is 117 Å². The maximum Gasteiger partial charge on any atom is 0.314 e. The zero-order chi connectivity index (χ0) is 14.8. The molecule has 1 aromatic heterocycles. The molecule has 2 amide bonds. The maximum atomic E-state index is 11.4. The minimum Gasteiger partial charge on any atom is -0.481 e. The second-order valence-electron chi connectivity index (χ2n) is 4.47. The third-order valence-corrected chi connectivity index (χ3v) is 2.63. The van der Waals surface area contributed by atoms with Crippen LogP contribution in [0.5, 0.6) is 0 Å². The summed E-state index contributed by atoms with van der Waals surface area (Å²) >= 11 is 0. The molecule has 0 atom stereocenters. The fraction of sp³-hybridized carbons (Fsp3) is 0.667. The monoisotopic (exact) mass is 283 g/mol. The highest BCUT2D eigenvalue weighted by Crippen LogP contribution is 1.98. The molecule has 0 bridgehead atoms. The minimum absolute atomic E-state index is 0.184. The van der Waals surface area contributed by atoms with Crippen molar-refractivity contribution in [3.63, 3.8) is 0 Å². The number of carboxylic acids is 1. The number of aromatic nitrogens is 3. The molecular formula is C12H21N5O3. The number of aliphatic carboxylic acids is 1. The first-order chi connectivity index (χ1) is 9.58. The predicted octanol–water partition coefficient (Wildman–Crippen LogP) is 0.302. The lowest BCUT2D eigenvalue weighted by Crippen LogP contribution is -2.37. The van der Waals surface area contributed by atoms with Crippen LogP contribution < -0.4 is 10.6 Å². The van der Waals surface area contributed by atoms with Crippen molar-refractivity contribution in [2.24, 2.45) is 7.05 Å². The van der Waals surface area contributed by atoms with Crippen molar-refractivity contribution in [3.05, 3.63) is 12.2 Å². The van der Waals surface area contributed by atoms with E-state index >= 15 is 0 Å². The first-order valence-corrected chi connectivity index (χ1v) is 6.66. The van der Waals surface area contributed by atoms with Crippen LogP contribution in [0.15, 0.2) is 6.33 Å². The summed E-state index contributed by atoms with van der Waals surface area (Å²) in [7, 11) is 1.79. The molecule has 112 valence electrons. The van der Waals surface area contributed by atoms with Gasteiger partial charge in [-0.15, -0.1) is 0 Å². The summed E-state index contributed by atoms with van der Waals surface area (Å²) in [5.41, 5.74) is 0. The second-order valence-corrected chi connectivity index (χ2v) is 4.47. The Morgan fingerprint density at radius 3 is 2.65 bits per heavy atom. The molecule has 0 saturated heterocycles. The van der Waals surface area contributed by atoms with Crippen molar-refractivity contribution in [3.8, 4) is 0 Å². The molecule has 8 nitrogen and oxygen atoms in total. The van der Waals surface area contributed by atoms with Crippen LogP contribution >= 0.6 is 0 Å². The average molecular weight is 283 g/mol. The third-order valence-electron chi connectivity index (χ3n) is 2.63. The van der Waals surface area contributed by atoms with Gasteiger partial charge in [-0.1, -0.05) is 6.42 Å². The van der Waals surface area contributed by atoms with Crippen LogP contribution in [0.4, 0.5) is 4.79 Å². The van der Waals surface area contributed by atoms with Crippen molar-refractivity contribution in [1.82, 2.24) is 25.4 Å². The van der Waals surface area contributed by atoms with E-state index in [2.05, 4.69) is 20.7 Å². The van der Waals surface area contributed by atoms with E-state index in [1.165, 1.54) is 0 Å². The van der Waals surface area contributed by atoms with Crippen LogP contribution in [-0.4, -0.2) is 45.0 Å². The lowest BCUT2D eigenvalue weighted by Gasteiger charge is -2.06. The van der Waals surface area contributed by atoms with Gasteiger partial charge in [0.05, 0.1) is 0 Å². The van der Waals surface area contributed by atoms with E-state index in [1.807, 2.05) is 0 Å². The summed E-state index contributed by atoms with van der Waals surface area (Å²) in [4.78, 5) is 25.8. The zero-order valence-corrected chi connectivity index (χ0v) is 11.6. The van der Waals surface area contributed by atoms with Crippen molar-refractivity contribution >= 4 is 12.0 Å². The first-order valence-electron chi connectivity index (χ1n) is 6.66. The molecule has 0 aliphatic carbocycles. The third kappa shape index (κ3) is 7.34. The molecule has 0 aromatic carbocycles. The molecule has 0 saturated carbocycles. The highest BCUT2D eigenvalue weighted by Gasteiger charge is 2.02. The van der Waals surface area contributed by atoms with E-state index in [9.17, 15) is 9.59 Å². The molecular weight excluding hydrogens is 262 g/mol. The Balaban J connectivity index is 1.96. The van der Waals surface area contributed by atoms with Gasteiger partial charge in [0.25, 0.3) is 0 Å². The number of hydrogen-bond acceptors (Lipinski definition) is 4. The quantitative estimate of drug-likeness (QED) is 0.565. The summed E-state index contributed by atoms with van der Waals surface area (Å²) in [6, 6.07) is -0.223. The number of amides is 2. The number of hydrogen-bond donors (Lipinski definition) is 3. The van der Waals surface area contributed by atoms with Gasteiger partial charge >= 0.3 is 12.0 Å². The number of unbranched alkanes of at least 4 members (excludes halogenated alkanes) is 2. The smallest absolute Gasteiger partial charge is 0.314 e. The number of carbonyl (C=O) groups excluding carboxylic acids is 1. The number of urea groups is 1. The SMILES string of the molecule is Cn1cnc(CCNC(=O)NCCCCCC(=O)O)n1. The van der Waals surface area contributed by atoms with Crippen LogP contribution in [0, 0.1) is 0 Å². The van der Waals surface area contributed by atoms with Gasteiger partial charge < -0.3 is 15.7 Å². The number of aryl methyl sites for hydroxylation is 1. The average Bonchev–Trinajstić information content (AvgIpc) is 2.79. The van der Waals surface area contributed by atoms with Gasteiger partial charge in [-0.2, -0.15) is 5.10 Å². The molecule has 1 aromatic rings. The fourth-order valence-electron chi connectivity index (χ4n) is 1.63. The molecule has 1 rings (SSSR count). The Morgan fingerprint density at radius 1 is 1.25 bits per heavy atom. The summed E-state index contributed by atoms with van der Waals surface area (Å²) in [6.45, 7) is 1.03. The van der Waals surface area contributed by atoms with Crippen molar-refractivity contribution < 1.29 is 14.7 Å². The van der Waals surface area contributed by atoms with Gasteiger partial charge in [-0.25, -0.2) is 9.78 Å². The highest BCUT2D eigenvalue weighted by molar-refractivity contribution is 5.73. The van der Waals surface area contributed by atoms with Crippen LogP contribution in [0.3, 0.4) is 0 Å². The lowest BCUT2D eigenvalue weighted by atomic mass is 10.2. The van der Waals surface area contributed by atoms with E-state index in [4.69, 9.17) is 5.11 Å². The zero-order valence-electron chi connectivity index (χ0n) is 11.6. The Morgan fingerprint density at radius 2 is 2.00 bits per heavy atom. The summed E-state index contributed by atoms with van der Waals surface area (Å²) in [5, 5.41) is 18.0. The second kappa shape index (κ2) is 8.89. The largest absolute Gasteiger partial charge is 0.481 e. The lowest BCUT2D eigenvalue weighted by molar-refractivity contribution is -0.137. The Kier molecular flexibility index (Phi) is 7.08. The molecule has 0 aliphatic heterocycles. The predicted molar refractivity (Wildman–Crippen MR) is 72.2 cm³/mol. The van der Waals surface area contributed by atoms with Crippen molar-refractivity contribution in [2.45, 2.75) is 32.1 Å².